The van der Waals surface area contributed by atoms with Crippen LogP contribution in [0, 0.1) is 22.0 Å². The molecule has 2 heterocycles. The van der Waals surface area contributed by atoms with E-state index in [0.29, 0.717) is 16.6 Å². The van der Waals surface area contributed by atoms with Crippen LogP contribution in [0.5, 0.6) is 0 Å². The second kappa shape index (κ2) is 7.67. The first-order valence-corrected chi connectivity index (χ1v) is 10.5. The lowest BCUT2D eigenvalue weighted by Crippen LogP contribution is -2.33. The number of carbonyl (C=O) groups is 2. The molecule has 0 saturated carbocycles. The lowest BCUT2D eigenvalue weighted by molar-refractivity contribution is 0.0593. The molecule has 1 atom stereocenters. The Labute approximate surface area is 191 Å². The molecule has 1 aliphatic rings. The van der Waals surface area contributed by atoms with Crippen LogP contribution >= 0.6 is 12.2 Å². The third-order valence-electron chi connectivity index (χ3n) is 5.77. The molecule has 0 radical (unpaired) electrons. The average molecular weight is 464 g/mol. The van der Waals surface area contributed by atoms with Crippen LogP contribution in [0.25, 0.3) is 22.0 Å². The topological polar surface area (TPSA) is 53.2 Å². The molecular weight excluding hydrogens is 449 g/mol. The number of nitrogens with one attached hydrogen (secondary N) is 1. The highest BCUT2D eigenvalue weighted by Crippen LogP contribution is 2.38. The Bertz CT molecular complexity index is 1490. The van der Waals surface area contributed by atoms with Crippen LogP contribution < -0.4 is 0 Å². The Morgan fingerprint density at radius 2 is 1.45 bits per heavy atom. The number of H-pyrrole nitrogens is 1. The molecule has 0 bridgehead atoms. The van der Waals surface area contributed by atoms with E-state index in [4.69, 9.17) is 12.2 Å². The van der Waals surface area contributed by atoms with E-state index in [1.807, 2.05) is 0 Å². The zero-order chi connectivity index (χ0) is 23.4. The van der Waals surface area contributed by atoms with Gasteiger partial charge in [0.05, 0.1) is 21.7 Å². The number of nitrogens with zero attached hydrogens (tertiary/aromatic N) is 1. The highest BCUT2D eigenvalue weighted by molar-refractivity contribution is 7.71. The monoisotopic (exact) mass is 464 g/mol. The minimum absolute atomic E-state index is 0.110. The van der Waals surface area contributed by atoms with Gasteiger partial charge in [-0.05, 0) is 55.0 Å². The number of aromatic amines is 1. The van der Waals surface area contributed by atoms with Gasteiger partial charge in [-0.3, -0.25) is 14.5 Å². The SMILES string of the molecule is CC(c1[nH]c2ccc(F)cc2c(=S)c1-c1cc(F)cc(F)c1)N1C(=O)c2ccccc2C1=O. The van der Waals surface area contributed by atoms with Gasteiger partial charge in [0.1, 0.15) is 17.5 Å². The molecule has 8 heteroatoms. The molecule has 0 aliphatic carbocycles. The number of rotatable bonds is 3. The largest absolute Gasteiger partial charge is 0.356 e. The van der Waals surface area contributed by atoms with Crippen molar-refractivity contribution in [3.63, 3.8) is 0 Å². The molecule has 1 aromatic heterocycles. The van der Waals surface area contributed by atoms with Crippen LogP contribution in [-0.4, -0.2) is 21.7 Å². The van der Waals surface area contributed by atoms with Crippen LogP contribution in [-0.2, 0) is 0 Å². The molecule has 4 aromatic rings. The predicted molar refractivity (Wildman–Crippen MR) is 120 cm³/mol. The third-order valence-corrected chi connectivity index (χ3v) is 6.20. The first kappa shape index (κ1) is 21.1. The average Bonchev–Trinajstić information content (AvgIpc) is 3.03. The van der Waals surface area contributed by atoms with E-state index >= 15 is 0 Å². The molecule has 1 unspecified atom stereocenters. The maximum atomic E-state index is 14.1. The van der Waals surface area contributed by atoms with E-state index in [2.05, 4.69) is 4.98 Å². The Morgan fingerprint density at radius 3 is 2.06 bits per heavy atom. The summed E-state index contributed by atoms with van der Waals surface area (Å²) in [6, 6.07) is 12.5. The first-order chi connectivity index (χ1) is 15.8. The molecule has 4 nitrogen and oxygen atoms in total. The third kappa shape index (κ3) is 3.34. The molecule has 3 aromatic carbocycles. The van der Waals surface area contributed by atoms with Crippen LogP contribution in [0.1, 0.15) is 39.4 Å². The summed E-state index contributed by atoms with van der Waals surface area (Å²) in [6.07, 6.45) is 0. The molecule has 0 saturated heterocycles. The van der Waals surface area contributed by atoms with Crippen LogP contribution in [0.15, 0.2) is 60.7 Å². The van der Waals surface area contributed by atoms with E-state index in [-0.39, 0.29) is 26.8 Å². The highest BCUT2D eigenvalue weighted by atomic mass is 32.1. The van der Waals surface area contributed by atoms with E-state index < -0.39 is 35.3 Å². The fourth-order valence-electron chi connectivity index (χ4n) is 4.26. The van der Waals surface area contributed by atoms with E-state index in [9.17, 15) is 22.8 Å². The summed E-state index contributed by atoms with van der Waals surface area (Å²) >= 11 is 5.61. The van der Waals surface area contributed by atoms with Gasteiger partial charge in [-0.25, -0.2) is 13.2 Å². The van der Waals surface area contributed by atoms with Crippen molar-refractivity contribution < 1.29 is 22.8 Å². The molecule has 33 heavy (non-hydrogen) atoms. The van der Waals surface area contributed by atoms with Crippen molar-refractivity contribution in [2.75, 3.05) is 0 Å². The Morgan fingerprint density at radius 1 is 0.848 bits per heavy atom. The van der Waals surface area contributed by atoms with Gasteiger partial charge >= 0.3 is 0 Å². The van der Waals surface area contributed by atoms with Crippen molar-refractivity contribution in [3.05, 3.63) is 99.4 Å². The molecule has 2 amide bonds. The van der Waals surface area contributed by atoms with Crippen LogP contribution in [0.3, 0.4) is 0 Å². The number of hydrogen-bond acceptors (Lipinski definition) is 3. The van der Waals surface area contributed by atoms with Crippen LogP contribution in [0.4, 0.5) is 13.2 Å². The first-order valence-electron chi connectivity index (χ1n) is 10.0. The molecule has 0 spiro atoms. The van der Waals surface area contributed by atoms with Crippen molar-refractivity contribution in [1.29, 1.82) is 0 Å². The van der Waals surface area contributed by atoms with E-state index in [0.717, 1.165) is 23.1 Å². The summed E-state index contributed by atoms with van der Waals surface area (Å²) in [5.74, 6) is -3.15. The van der Waals surface area contributed by atoms with Crippen molar-refractivity contribution in [3.8, 4) is 11.1 Å². The van der Waals surface area contributed by atoms with Gasteiger partial charge < -0.3 is 4.98 Å². The molecule has 5 rings (SSSR count). The fraction of sp³-hybridized carbons (Fsp3) is 0.0800. The summed E-state index contributed by atoms with van der Waals surface area (Å²) in [6.45, 7) is 1.62. The van der Waals surface area contributed by atoms with Gasteiger partial charge in [-0.1, -0.05) is 24.4 Å². The lowest BCUT2D eigenvalue weighted by Gasteiger charge is -2.26. The number of amides is 2. The summed E-state index contributed by atoms with van der Waals surface area (Å²) in [5, 5.41) is 0.336. The number of carbonyl (C=O) groups excluding carboxylic acids is 2. The zero-order valence-electron chi connectivity index (χ0n) is 17.2. The van der Waals surface area contributed by atoms with Crippen molar-refractivity contribution in [2.45, 2.75) is 13.0 Å². The minimum Gasteiger partial charge on any atom is -0.356 e. The van der Waals surface area contributed by atoms with Crippen molar-refractivity contribution >= 4 is 34.9 Å². The zero-order valence-corrected chi connectivity index (χ0v) is 18.0. The number of benzene rings is 3. The van der Waals surface area contributed by atoms with Crippen molar-refractivity contribution in [2.24, 2.45) is 0 Å². The van der Waals surface area contributed by atoms with E-state index in [1.165, 1.54) is 18.2 Å². The maximum absolute atomic E-state index is 14.1. The highest BCUT2D eigenvalue weighted by Gasteiger charge is 2.39. The predicted octanol–water partition coefficient (Wildman–Crippen LogP) is 6.34. The van der Waals surface area contributed by atoms with Gasteiger partial charge in [-0.2, -0.15) is 0 Å². The number of imide groups is 1. The molecule has 1 N–H and O–H groups in total. The number of hydrogen-bond donors (Lipinski definition) is 1. The minimum atomic E-state index is -0.866. The summed E-state index contributed by atoms with van der Waals surface area (Å²) in [7, 11) is 0. The number of halogens is 3. The van der Waals surface area contributed by atoms with Crippen LogP contribution in [0.2, 0.25) is 0 Å². The fourth-order valence-corrected chi connectivity index (χ4v) is 4.66. The van der Waals surface area contributed by atoms with Crippen molar-refractivity contribution in [1.82, 2.24) is 9.88 Å². The van der Waals surface area contributed by atoms with Gasteiger partial charge in [0.25, 0.3) is 11.8 Å². The number of aromatic nitrogens is 1. The Balaban J connectivity index is 1.77. The number of pyridine rings is 1. The quantitative estimate of drug-likeness (QED) is 0.284. The Kier molecular flexibility index (Phi) is 4.90. The van der Waals surface area contributed by atoms with Gasteiger partial charge in [0.2, 0.25) is 0 Å². The standard InChI is InChI=1S/C25H15F3N2O2S/c1-12(30-24(31)17-4-2-3-5-18(17)25(30)32)22-21(13-8-15(27)10-16(28)9-13)23(33)19-11-14(26)6-7-20(19)29-22/h2-12H,1H3,(H,29,33). The smallest absolute Gasteiger partial charge is 0.262 e. The summed E-state index contributed by atoms with van der Waals surface area (Å²) in [4.78, 5) is 30.3. The summed E-state index contributed by atoms with van der Waals surface area (Å²) in [5.41, 5.74) is 1.63. The molecule has 164 valence electrons. The second-order valence-corrected chi connectivity index (χ2v) is 8.20. The van der Waals surface area contributed by atoms with Gasteiger partial charge in [-0.15, -0.1) is 0 Å². The normalized spacial score (nSPS) is 14.1. The van der Waals surface area contributed by atoms with E-state index in [1.54, 1.807) is 31.2 Å². The molecular formula is C25H15F3N2O2S. The summed E-state index contributed by atoms with van der Waals surface area (Å²) < 4.78 is 42.3. The molecule has 0 fully saturated rings. The molecule has 1 aliphatic heterocycles. The number of fused-ring (bicyclic) bond motifs is 2. The van der Waals surface area contributed by atoms with Gasteiger partial charge in [0.15, 0.2) is 0 Å². The van der Waals surface area contributed by atoms with Gasteiger partial charge in [0, 0.05) is 28.2 Å². The lowest BCUT2D eigenvalue weighted by atomic mass is 9.97. The second-order valence-electron chi connectivity index (χ2n) is 7.79. The Hall–Kier alpha value is -3.78. The maximum Gasteiger partial charge on any atom is 0.262 e.